The van der Waals surface area contributed by atoms with Crippen LogP contribution in [0.2, 0.25) is 0 Å². The minimum absolute atomic E-state index is 0.0155. The molecule has 1 aromatic carbocycles. The predicted molar refractivity (Wildman–Crippen MR) is 72.5 cm³/mol. The number of nitrogens with one attached hydrogen (secondary N) is 1. The van der Waals surface area contributed by atoms with Gasteiger partial charge in [0.15, 0.2) is 0 Å². The Balaban J connectivity index is 2.27. The van der Waals surface area contributed by atoms with E-state index in [1.165, 1.54) is 0 Å². The number of benzene rings is 1. The molecule has 1 aromatic rings. The number of carbonyl (C=O) groups excluding carboxylic acids is 1. The summed E-state index contributed by atoms with van der Waals surface area (Å²) in [5, 5.41) is 3.39. The van der Waals surface area contributed by atoms with Crippen molar-refractivity contribution in [3.8, 4) is 11.5 Å². The Hall–Kier alpha value is -1.75. The van der Waals surface area contributed by atoms with Crippen LogP contribution in [-0.4, -0.2) is 45.2 Å². The maximum Gasteiger partial charge on any atom is 0.224 e. The van der Waals surface area contributed by atoms with Crippen LogP contribution in [0.15, 0.2) is 18.2 Å². The smallest absolute Gasteiger partial charge is 0.224 e. The van der Waals surface area contributed by atoms with Gasteiger partial charge in [0.25, 0.3) is 0 Å². The molecule has 5 heteroatoms. The summed E-state index contributed by atoms with van der Waals surface area (Å²) in [6.07, 6.45) is 0.444. The number of amides is 1. The number of methoxy groups -OCH3 is 2. The Morgan fingerprint density at radius 1 is 1.32 bits per heavy atom. The van der Waals surface area contributed by atoms with Crippen molar-refractivity contribution < 1.29 is 14.3 Å². The molecule has 0 radical (unpaired) electrons. The first kappa shape index (κ1) is 13.7. The number of rotatable bonds is 3. The summed E-state index contributed by atoms with van der Waals surface area (Å²) in [5.74, 6) is 1.64. The molecule has 1 heterocycles. The highest BCUT2D eigenvalue weighted by molar-refractivity contribution is 5.77. The Bertz CT molecular complexity index is 462. The minimum Gasteiger partial charge on any atom is -0.497 e. The van der Waals surface area contributed by atoms with Crippen molar-refractivity contribution in [1.82, 2.24) is 10.2 Å². The average molecular weight is 264 g/mol. The number of ether oxygens (including phenoxy) is 2. The van der Waals surface area contributed by atoms with Crippen molar-refractivity contribution in [3.05, 3.63) is 23.8 Å². The maximum absolute atomic E-state index is 11.9. The first-order valence-corrected chi connectivity index (χ1v) is 6.35. The molecule has 2 rings (SSSR count). The standard InChI is InChI=1S/C14H20N2O3/c1-16-7-6-15-12(9-14(16)17)11-5-4-10(18-2)8-13(11)19-3/h4-5,8,12,15H,6-7,9H2,1-3H3. The van der Waals surface area contributed by atoms with Gasteiger partial charge in [0, 0.05) is 44.2 Å². The van der Waals surface area contributed by atoms with E-state index >= 15 is 0 Å². The lowest BCUT2D eigenvalue weighted by atomic mass is 10.0. The fraction of sp³-hybridized carbons (Fsp3) is 0.500. The number of likely N-dealkylation sites (N-methyl/N-ethyl adjacent to an activating group) is 1. The van der Waals surface area contributed by atoms with Crippen molar-refractivity contribution in [3.63, 3.8) is 0 Å². The second kappa shape index (κ2) is 5.93. The number of hydrogen-bond donors (Lipinski definition) is 1. The Kier molecular flexibility index (Phi) is 4.27. The molecule has 19 heavy (non-hydrogen) atoms. The lowest BCUT2D eigenvalue weighted by Gasteiger charge is -2.19. The Morgan fingerprint density at radius 2 is 2.11 bits per heavy atom. The van der Waals surface area contributed by atoms with E-state index in [9.17, 15) is 4.79 Å². The van der Waals surface area contributed by atoms with Crippen molar-refractivity contribution in [2.75, 3.05) is 34.4 Å². The van der Waals surface area contributed by atoms with E-state index in [1.54, 1.807) is 19.1 Å². The molecule has 1 fully saturated rings. The fourth-order valence-corrected chi connectivity index (χ4v) is 2.26. The summed E-state index contributed by atoms with van der Waals surface area (Å²) in [6.45, 7) is 1.51. The van der Waals surface area contributed by atoms with Crippen molar-refractivity contribution in [2.45, 2.75) is 12.5 Å². The van der Waals surface area contributed by atoms with Crippen molar-refractivity contribution >= 4 is 5.91 Å². The van der Waals surface area contributed by atoms with Crippen molar-refractivity contribution in [1.29, 1.82) is 0 Å². The van der Waals surface area contributed by atoms with Crippen LogP contribution in [0.4, 0.5) is 0 Å². The molecule has 0 aliphatic carbocycles. The highest BCUT2D eigenvalue weighted by Crippen LogP contribution is 2.31. The second-order valence-corrected chi connectivity index (χ2v) is 4.63. The van der Waals surface area contributed by atoms with E-state index in [4.69, 9.17) is 9.47 Å². The van der Waals surface area contributed by atoms with E-state index in [2.05, 4.69) is 5.32 Å². The van der Waals surface area contributed by atoms with E-state index < -0.39 is 0 Å². The van der Waals surface area contributed by atoms with Crippen LogP contribution in [-0.2, 0) is 4.79 Å². The second-order valence-electron chi connectivity index (χ2n) is 4.63. The summed E-state index contributed by atoms with van der Waals surface area (Å²) >= 11 is 0. The minimum atomic E-state index is -0.0155. The maximum atomic E-state index is 11.9. The van der Waals surface area contributed by atoms with Gasteiger partial charge in [0.1, 0.15) is 11.5 Å². The molecule has 1 saturated heterocycles. The topological polar surface area (TPSA) is 50.8 Å². The molecule has 1 amide bonds. The first-order chi connectivity index (χ1) is 9.15. The normalized spacial score (nSPS) is 20.1. The van der Waals surface area contributed by atoms with Crippen LogP contribution in [0.3, 0.4) is 0 Å². The summed E-state index contributed by atoms with van der Waals surface area (Å²) in [4.78, 5) is 13.7. The summed E-state index contributed by atoms with van der Waals surface area (Å²) in [7, 11) is 5.08. The Labute approximate surface area is 113 Å². The third-order valence-corrected chi connectivity index (χ3v) is 3.46. The van der Waals surface area contributed by atoms with Gasteiger partial charge in [0.2, 0.25) is 5.91 Å². The molecule has 1 aliphatic heterocycles. The monoisotopic (exact) mass is 264 g/mol. The Morgan fingerprint density at radius 3 is 2.79 bits per heavy atom. The van der Waals surface area contributed by atoms with Crippen LogP contribution >= 0.6 is 0 Å². The molecule has 104 valence electrons. The number of carbonyl (C=O) groups is 1. The van der Waals surface area contributed by atoms with E-state index in [1.807, 2.05) is 25.2 Å². The SMILES string of the molecule is COc1ccc(C2CC(=O)N(C)CCN2)c(OC)c1. The van der Waals surface area contributed by atoms with Gasteiger partial charge in [-0.15, -0.1) is 0 Å². The molecule has 5 nitrogen and oxygen atoms in total. The van der Waals surface area contributed by atoms with E-state index in [0.717, 1.165) is 30.2 Å². The molecule has 0 saturated carbocycles. The zero-order valence-electron chi connectivity index (χ0n) is 11.6. The molecular formula is C14H20N2O3. The summed E-state index contributed by atoms with van der Waals surface area (Å²) < 4.78 is 10.6. The zero-order chi connectivity index (χ0) is 13.8. The summed E-state index contributed by atoms with van der Waals surface area (Å²) in [5.41, 5.74) is 0.993. The van der Waals surface area contributed by atoms with Crippen LogP contribution in [0, 0.1) is 0 Å². The molecule has 1 aliphatic rings. The lowest BCUT2D eigenvalue weighted by Crippen LogP contribution is -2.27. The number of hydrogen-bond acceptors (Lipinski definition) is 4. The van der Waals surface area contributed by atoms with Gasteiger partial charge in [-0.3, -0.25) is 4.79 Å². The third-order valence-electron chi connectivity index (χ3n) is 3.46. The van der Waals surface area contributed by atoms with Gasteiger partial charge in [0.05, 0.1) is 14.2 Å². The number of nitrogens with zero attached hydrogens (tertiary/aromatic N) is 1. The molecule has 0 bridgehead atoms. The quantitative estimate of drug-likeness (QED) is 0.891. The van der Waals surface area contributed by atoms with Crippen molar-refractivity contribution in [2.24, 2.45) is 0 Å². The van der Waals surface area contributed by atoms with Gasteiger partial charge in [-0.1, -0.05) is 6.07 Å². The van der Waals surface area contributed by atoms with Crippen LogP contribution < -0.4 is 14.8 Å². The highest BCUT2D eigenvalue weighted by atomic mass is 16.5. The first-order valence-electron chi connectivity index (χ1n) is 6.35. The zero-order valence-corrected chi connectivity index (χ0v) is 11.6. The van der Waals surface area contributed by atoms with Crippen LogP contribution in [0.25, 0.3) is 0 Å². The van der Waals surface area contributed by atoms with Crippen LogP contribution in [0.1, 0.15) is 18.0 Å². The van der Waals surface area contributed by atoms with E-state index in [-0.39, 0.29) is 11.9 Å². The average Bonchev–Trinajstić information content (AvgIpc) is 2.60. The molecular weight excluding hydrogens is 244 g/mol. The summed E-state index contributed by atoms with van der Waals surface area (Å²) in [6, 6.07) is 5.67. The largest absolute Gasteiger partial charge is 0.497 e. The third kappa shape index (κ3) is 2.98. The molecule has 0 aromatic heterocycles. The molecule has 1 N–H and O–H groups in total. The molecule has 0 spiro atoms. The van der Waals surface area contributed by atoms with Gasteiger partial charge < -0.3 is 19.7 Å². The van der Waals surface area contributed by atoms with E-state index in [0.29, 0.717) is 6.42 Å². The van der Waals surface area contributed by atoms with Crippen LogP contribution in [0.5, 0.6) is 11.5 Å². The van der Waals surface area contributed by atoms with Gasteiger partial charge >= 0.3 is 0 Å². The predicted octanol–water partition coefficient (Wildman–Crippen LogP) is 1.20. The van der Waals surface area contributed by atoms with Gasteiger partial charge in [-0.2, -0.15) is 0 Å². The molecule has 1 unspecified atom stereocenters. The van der Waals surface area contributed by atoms with Gasteiger partial charge in [-0.05, 0) is 6.07 Å². The lowest BCUT2D eigenvalue weighted by molar-refractivity contribution is -0.129. The molecule has 1 atom stereocenters. The fourth-order valence-electron chi connectivity index (χ4n) is 2.26. The van der Waals surface area contributed by atoms with Gasteiger partial charge in [-0.25, -0.2) is 0 Å². The highest BCUT2D eigenvalue weighted by Gasteiger charge is 2.24.